The molecule has 0 fully saturated rings. The van der Waals surface area contributed by atoms with Gasteiger partial charge in [0.25, 0.3) is 0 Å². The highest BCUT2D eigenvalue weighted by molar-refractivity contribution is 5.75. The first-order valence-electron chi connectivity index (χ1n) is 10.3. The number of ether oxygens (including phenoxy) is 2. The number of rotatable bonds is 11. The third kappa shape index (κ3) is 12.6. The van der Waals surface area contributed by atoms with Gasteiger partial charge in [-0.15, -0.1) is 0 Å². The molecule has 2 N–H and O–H groups in total. The molecule has 0 saturated heterocycles. The third-order valence-electron chi connectivity index (χ3n) is 4.04. The predicted octanol–water partition coefficient (Wildman–Crippen LogP) is 3.46. The molecular formula is C22H35N3O5. The van der Waals surface area contributed by atoms with Crippen LogP contribution in [-0.2, 0) is 20.9 Å². The molecule has 0 spiro atoms. The van der Waals surface area contributed by atoms with E-state index in [2.05, 4.69) is 10.6 Å². The molecule has 0 aliphatic heterocycles. The summed E-state index contributed by atoms with van der Waals surface area (Å²) in [5.41, 5.74) is 0.420. The van der Waals surface area contributed by atoms with Crippen molar-refractivity contribution in [1.29, 1.82) is 0 Å². The van der Waals surface area contributed by atoms with Gasteiger partial charge in [0.05, 0.1) is 0 Å². The van der Waals surface area contributed by atoms with Crippen LogP contribution < -0.4 is 10.6 Å². The zero-order valence-electron chi connectivity index (χ0n) is 18.5. The van der Waals surface area contributed by atoms with Crippen LogP contribution in [0.1, 0.15) is 52.0 Å². The van der Waals surface area contributed by atoms with Crippen molar-refractivity contribution in [2.75, 3.05) is 26.7 Å². The van der Waals surface area contributed by atoms with Crippen molar-refractivity contribution in [3.63, 3.8) is 0 Å². The number of likely N-dealkylation sites (N-methyl/N-ethyl adjacent to an activating group) is 1. The number of unbranched alkanes of at least 4 members (excludes halogenated alkanes) is 2. The van der Waals surface area contributed by atoms with Crippen molar-refractivity contribution in [2.24, 2.45) is 0 Å². The van der Waals surface area contributed by atoms with Gasteiger partial charge in [-0.1, -0.05) is 36.8 Å². The van der Waals surface area contributed by atoms with Crippen LogP contribution in [0.4, 0.5) is 9.59 Å². The van der Waals surface area contributed by atoms with Crippen LogP contribution >= 0.6 is 0 Å². The molecule has 1 aromatic rings. The summed E-state index contributed by atoms with van der Waals surface area (Å²) in [6.07, 6.45) is 1.90. The number of nitrogens with zero attached hydrogens (tertiary/aromatic N) is 1. The highest BCUT2D eigenvalue weighted by Crippen LogP contribution is 2.06. The molecule has 30 heavy (non-hydrogen) atoms. The average molecular weight is 422 g/mol. The minimum absolute atomic E-state index is 0.0545. The van der Waals surface area contributed by atoms with E-state index in [1.165, 1.54) is 4.90 Å². The molecule has 0 unspecified atom stereocenters. The lowest BCUT2D eigenvalue weighted by molar-refractivity contribution is -0.121. The van der Waals surface area contributed by atoms with E-state index in [1.807, 2.05) is 51.1 Å². The SMILES string of the molecule is CN(CCNC(=O)CCCCCNC(=O)OC(C)(C)C)C(=O)OCc1ccccc1. The molecule has 8 nitrogen and oxygen atoms in total. The van der Waals surface area contributed by atoms with Gasteiger partial charge in [0.2, 0.25) is 5.91 Å². The Hall–Kier alpha value is -2.77. The summed E-state index contributed by atoms with van der Waals surface area (Å²) in [5, 5.41) is 5.49. The van der Waals surface area contributed by atoms with Crippen LogP contribution in [0.5, 0.6) is 0 Å². The number of hydrogen-bond donors (Lipinski definition) is 2. The lowest BCUT2D eigenvalue weighted by Gasteiger charge is -2.19. The van der Waals surface area contributed by atoms with Crippen molar-refractivity contribution >= 4 is 18.1 Å². The van der Waals surface area contributed by atoms with Crippen LogP contribution in [0.15, 0.2) is 30.3 Å². The molecule has 0 heterocycles. The molecule has 1 aromatic carbocycles. The Labute approximate surface area is 179 Å². The predicted molar refractivity (Wildman–Crippen MR) is 115 cm³/mol. The first-order chi connectivity index (χ1) is 14.2. The third-order valence-corrected chi connectivity index (χ3v) is 4.04. The molecule has 1 rings (SSSR count). The average Bonchev–Trinajstić information content (AvgIpc) is 2.68. The van der Waals surface area contributed by atoms with Crippen LogP contribution in [0.25, 0.3) is 0 Å². The molecule has 168 valence electrons. The van der Waals surface area contributed by atoms with E-state index in [9.17, 15) is 14.4 Å². The quantitative estimate of drug-likeness (QED) is 0.534. The zero-order valence-corrected chi connectivity index (χ0v) is 18.5. The van der Waals surface area contributed by atoms with Gasteiger partial charge in [-0.25, -0.2) is 9.59 Å². The first kappa shape index (κ1) is 25.3. The van der Waals surface area contributed by atoms with E-state index in [1.54, 1.807) is 7.05 Å². The fourth-order valence-corrected chi connectivity index (χ4v) is 2.46. The Morgan fingerprint density at radius 3 is 2.33 bits per heavy atom. The Balaban J connectivity index is 2.03. The molecular weight excluding hydrogens is 386 g/mol. The molecule has 0 saturated carbocycles. The maximum Gasteiger partial charge on any atom is 0.409 e. The standard InChI is InChI=1S/C22H35N3O5/c1-22(2,3)30-20(27)24-14-10-6-9-13-19(26)23-15-16-25(4)21(28)29-17-18-11-7-5-8-12-18/h5,7-8,11-12H,6,9-10,13-17H2,1-4H3,(H,23,26)(H,24,27). The molecule has 0 bridgehead atoms. The van der Waals surface area contributed by atoms with Crippen molar-refractivity contribution in [3.8, 4) is 0 Å². The summed E-state index contributed by atoms with van der Waals surface area (Å²) in [6, 6.07) is 9.46. The van der Waals surface area contributed by atoms with Gasteiger partial charge >= 0.3 is 12.2 Å². The zero-order chi connectivity index (χ0) is 22.4. The van der Waals surface area contributed by atoms with Crippen LogP contribution in [0, 0.1) is 0 Å². The Bertz CT molecular complexity index is 658. The molecule has 8 heteroatoms. The summed E-state index contributed by atoms with van der Waals surface area (Å²) in [6.45, 7) is 6.94. The van der Waals surface area contributed by atoms with E-state index in [0.29, 0.717) is 26.1 Å². The van der Waals surface area contributed by atoms with Crippen LogP contribution in [0.2, 0.25) is 0 Å². The second kappa shape index (κ2) is 13.5. The van der Waals surface area contributed by atoms with Crippen molar-refractivity contribution in [3.05, 3.63) is 35.9 Å². The van der Waals surface area contributed by atoms with Crippen LogP contribution in [0.3, 0.4) is 0 Å². The minimum atomic E-state index is -0.505. The van der Waals surface area contributed by atoms with Crippen LogP contribution in [-0.4, -0.2) is 55.3 Å². The Kier molecular flexibility index (Phi) is 11.3. The molecule has 0 aliphatic carbocycles. The monoisotopic (exact) mass is 421 g/mol. The van der Waals surface area contributed by atoms with Gasteiger partial charge in [-0.2, -0.15) is 0 Å². The fourth-order valence-electron chi connectivity index (χ4n) is 2.46. The summed E-state index contributed by atoms with van der Waals surface area (Å²) in [7, 11) is 1.64. The lowest BCUT2D eigenvalue weighted by Crippen LogP contribution is -2.36. The highest BCUT2D eigenvalue weighted by Gasteiger charge is 2.15. The molecule has 0 aromatic heterocycles. The number of carbonyl (C=O) groups is 3. The summed E-state index contributed by atoms with van der Waals surface area (Å²) >= 11 is 0. The second-order valence-electron chi connectivity index (χ2n) is 8.05. The van der Waals surface area contributed by atoms with Gasteiger partial charge in [-0.3, -0.25) is 4.79 Å². The van der Waals surface area contributed by atoms with E-state index in [4.69, 9.17) is 9.47 Å². The summed E-state index contributed by atoms with van der Waals surface area (Å²) < 4.78 is 10.4. The number of nitrogens with one attached hydrogen (secondary N) is 2. The Morgan fingerprint density at radius 2 is 1.67 bits per heavy atom. The maximum atomic E-state index is 11.9. The largest absolute Gasteiger partial charge is 0.445 e. The van der Waals surface area contributed by atoms with E-state index >= 15 is 0 Å². The highest BCUT2D eigenvalue weighted by atomic mass is 16.6. The maximum absolute atomic E-state index is 11.9. The van der Waals surface area contributed by atoms with Crippen molar-refractivity contribution in [1.82, 2.24) is 15.5 Å². The normalized spacial score (nSPS) is 10.8. The summed E-state index contributed by atoms with van der Waals surface area (Å²) in [4.78, 5) is 36.7. The van der Waals surface area contributed by atoms with Gasteiger partial charge in [0.15, 0.2) is 0 Å². The molecule has 0 aliphatic rings. The van der Waals surface area contributed by atoms with E-state index in [0.717, 1.165) is 24.8 Å². The number of alkyl carbamates (subject to hydrolysis) is 1. The van der Waals surface area contributed by atoms with Gasteiger partial charge in [-0.05, 0) is 39.2 Å². The van der Waals surface area contributed by atoms with Gasteiger partial charge < -0.3 is 25.0 Å². The fraction of sp³-hybridized carbons (Fsp3) is 0.591. The molecule has 3 amide bonds. The van der Waals surface area contributed by atoms with Gasteiger partial charge in [0.1, 0.15) is 12.2 Å². The number of benzene rings is 1. The van der Waals surface area contributed by atoms with Gasteiger partial charge in [0, 0.05) is 33.1 Å². The van der Waals surface area contributed by atoms with E-state index < -0.39 is 17.8 Å². The molecule has 0 atom stereocenters. The minimum Gasteiger partial charge on any atom is -0.445 e. The van der Waals surface area contributed by atoms with Crippen molar-refractivity contribution < 1.29 is 23.9 Å². The number of amides is 3. The first-order valence-corrected chi connectivity index (χ1v) is 10.3. The topological polar surface area (TPSA) is 97.0 Å². The second-order valence-corrected chi connectivity index (χ2v) is 8.05. The van der Waals surface area contributed by atoms with E-state index in [-0.39, 0.29) is 12.5 Å². The van der Waals surface area contributed by atoms with Crippen molar-refractivity contribution in [2.45, 2.75) is 58.7 Å². The smallest absolute Gasteiger partial charge is 0.409 e. The summed E-state index contributed by atoms with van der Waals surface area (Å²) in [5.74, 6) is -0.0545. The number of carbonyl (C=O) groups excluding carboxylic acids is 3. The number of hydrogen-bond acceptors (Lipinski definition) is 5. The Morgan fingerprint density at radius 1 is 0.967 bits per heavy atom. The molecule has 0 radical (unpaired) electrons. The lowest BCUT2D eigenvalue weighted by atomic mass is 10.2.